The van der Waals surface area contributed by atoms with Gasteiger partial charge >= 0.3 is 11.9 Å². The van der Waals surface area contributed by atoms with Gasteiger partial charge in [-0.05, 0) is 30.3 Å². The van der Waals surface area contributed by atoms with E-state index in [4.69, 9.17) is 19.7 Å². The smallest absolute Gasteiger partial charge is 0.339 e. The minimum absolute atomic E-state index is 0. The molecule has 0 aliphatic heterocycles. The minimum atomic E-state index is -0.982. The van der Waals surface area contributed by atoms with Gasteiger partial charge in [0, 0.05) is 40.3 Å². The number of rotatable bonds is 4. The third-order valence-corrected chi connectivity index (χ3v) is 4.22. The van der Waals surface area contributed by atoms with Crippen LogP contribution in [0.3, 0.4) is 0 Å². The topological polar surface area (TPSA) is 125 Å². The number of methoxy groups -OCH3 is 2. The first kappa shape index (κ1) is 21.4. The summed E-state index contributed by atoms with van der Waals surface area (Å²) in [6.07, 6.45) is 3.51. The summed E-state index contributed by atoms with van der Waals surface area (Å²) in [4.78, 5) is 27.7. The van der Waals surface area contributed by atoms with Gasteiger partial charge in [-0.15, -0.1) is 0 Å². The number of carboxylic acids is 2. The minimum Gasteiger partial charge on any atom is -0.496 e. The van der Waals surface area contributed by atoms with Crippen molar-refractivity contribution < 1.29 is 29.3 Å². The SMILES string of the molecule is C.COc1c(C(=O)O)ccc2[nH]ccc12.COc1cc2[nH]ccc2cc1C(=O)O. The Morgan fingerprint density at radius 2 is 1.48 bits per heavy atom. The summed E-state index contributed by atoms with van der Waals surface area (Å²) in [5, 5.41) is 19.5. The lowest BCUT2D eigenvalue weighted by molar-refractivity contribution is 0.0682. The van der Waals surface area contributed by atoms with Gasteiger partial charge in [0.1, 0.15) is 22.6 Å². The molecule has 0 spiro atoms. The summed E-state index contributed by atoms with van der Waals surface area (Å²) in [7, 11) is 2.92. The van der Waals surface area contributed by atoms with Gasteiger partial charge < -0.3 is 29.7 Å². The molecule has 0 unspecified atom stereocenters. The Bertz CT molecular complexity index is 1150. The predicted molar refractivity (Wildman–Crippen MR) is 110 cm³/mol. The highest BCUT2D eigenvalue weighted by molar-refractivity contribution is 5.99. The maximum absolute atomic E-state index is 10.9. The van der Waals surface area contributed by atoms with Gasteiger partial charge in [0.2, 0.25) is 0 Å². The van der Waals surface area contributed by atoms with Crippen LogP contribution < -0.4 is 9.47 Å². The number of hydrogen-bond donors (Lipinski definition) is 4. The molecule has 0 aliphatic rings. The third kappa shape index (κ3) is 4.16. The molecule has 8 nitrogen and oxygen atoms in total. The van der Waals surface area contributed by atoms with Crippen molar-refractivity contribution in [2.45, 2.75) is 7.43 Å². The lowest BCUT2D eigenvalue weighted by Gasteiger charge is -2.05. The second-order valence-electron chi connectivity index (χ2n) is 5.81. The molecule has 2 heterocycles. The van der Waals surface area contributed by atoms with Crippen molar-refractivity contribution in [3.05, 3.63) is 59.9 Å². The molecule has 29 heavy (non-hydrogen) atoms. The standard InChI is InChI=1S/2C10H9NO3.CH4/c1-14-9-5-8-6(2-3-11-8)4-7(9)10(12)13;1-14-9-6-4-5-11-8(6)3-2-7(9)10(12)13;/h2*2-5,11H,1H3,(H,12,13);1H4. The molecule has 0 fully saturated rings. The van der Waals surface area contributed by atoms with E-state index < -0.39 is 11.9 Å². The summed E-state index contributed by atoms with van der Waals surface area (Å²) < 4.78 is 10.1. The molecule has 152 valence electrons. The number of aromatic carboxylic acids is 2. The van der Waals surface area contributed by atoms with Gasteiger partial charge in [-0.25, -0.2) is 9.59 Å². The number of fused-ring (bicyclic) bond motifs is 2. The molecule has 2 aromatic heterocycles. The zero-order valence-electron chi connectivity index (χ0n) is 15.1. The number of hydrogen-bond acceptors (Lipinski definition) is 4. The molecular formula is C21H22N2O6. The van der Waals surface area contributed by atoms with E-state index >= 15 is 0 Å². The summed E-state index contributed by atoms with van der Waals surface area (Å²) in [5.74, 6) is -1.20. The van der Waals surface area contributed by atoms with Crippen LogP contribution in [0.5, 0.6) is 11.5 Å². The Morgan fingerprint density at radius 3 is 2.10 bits per heavy atom. The van der Waals surface area contributed by atoms with Crippen molar-refractivity contribution in [1.29, 1.82) is 0 Å². The number of ether oxygens (including phenoxy) is 2. The normalized spacial score (nSPS) is 10.0. The van der Waals surface area contributed by atoms with E-state index in [1.165, 1.54) is 20.3 Å². The largest absolute Gasteiger partial charge is 0.496 e. The quantitative estimate of drug-likeness (QED) is 0.404. The first-order valence-corrected chi connectivity index (χ1v) is 8.22. The first-order chi connectivity index (χ1) is 13.5. The van der Waals surface area contributed by atoms with Crippen LogP contribution in [0, 0.1) is 0 Å². The lowest BCUT2D eigenvalue weighted by atomic mass is 10.1. The second kappa shape index (κ2) is 8.83. The zero-order valence-corrected chi connectivity index (χ0v) is 15.1. The van der Waals surface area contributed by atoms with Crippen LogP contribution in [0.2, 0.25) is 0 Å². The van der Waals surface area contributed by atoms with Crippen LogP contribution in [-0.4, -0.2) is 46.3 Å². The Kier molecular flexibility index (Phi) is 6.51. The van der Waals surface area contributed by atoms with Crippen molar-refractivity contribution in [2.24, 2.45) is 0 Å². The van der Waals surface area contributed by atoms with E-state index in [1.807, 2.05) is 6.07 Å². The van der Waals surface area contributed by atoms with E-state index in [2.05, 4.69) is 9.97 Å². The van der Waals surface area contributed by atoms with Crippen molar-refractivity contribution in [3.8, 4) is 11.5 Å². The summed E-state index contributed by atoms with van der Waals surface area (Å²) in [5.41, 5.74) is 2.10. The summed E-state index contributed by atoms with van der Waals surface area (Å²) >= 11 is 0. The number of carbonyl (C=O) groups is 2. The first-order valence-electron chi connectivity index (χ1n) is 8.22. The monoisotopic (exact) mass is 398 g/mol. The molecule has 4 aromatic rings. The summed E-state index contributed by atoms with van der Waals surface area (Å²) in [6.45, 7) is 0. The molecule has 0 aliphatic carbocycles. The highest BCUT2D eigenvalue weighted by Gasteiger charge is 2.14. The van der Waals surface area contributed by atoms with E-state index in [-0.39, 0.29) is 18.6 Å². The van der Waals surface area contributed by atoms with Crippen molar-refractivity contribution in [3.63, 3.8) is 0 Å². The average Bonchev–Trinajstić information content (AvgIpc) is 3.34. The van der Waals surface area contributed by atoms with E-state index in [1.54, 1.807) is 36.7 Å². The molecule has 0 saturated carbocycles. The summed E-state index contributed by atoms with van der Waals surface area (Å²) in [6, 6.07) is 10.1. The molecule has 8 heteroatoms. The van der Waals surface area contributed by atoms with Crippen LogP contribution in [0.4, 0.5) is 0 Å². The van der Waals surface area contributed by atoms with Crippen LogP contribution in [-0.2, 0) is 0 Å². The fourth-order valence-corrected chi connectivity index (χ4v) is 2.91. The van der Waals surface area contributed by atoms with Crippen LogP contribution in [0.15, 0.2) is 48.8 Å². The molecule has 0 saturated heterocycles. The lowest BCUT2D eigenvalue weighted by Crippen LogP contribution is -2.00. The van der Waals surface area contributed by atoms with Crippen LogP contribution >= 0.6 is 0 Å². The molecule has 0 bridgehead atoms. The maximum Gasteiger partial charge on any atom is 0.339 e. The van der Waals surface area contributed by atoms with Gasteiger partial charge in [-0.1, -0.05) is 7.43 Å². The van der Waals surface area contributed by atoms with E-state index in [9.17, 15) is 9.59 Å². The molecular weight excluding hydrogens is 376 g/mol. The Balaban J connectivity index is 0.000000200. The Hall–Kier alpha value is -3.94. The van der Waals surface area contributed by atoms with Crippen LogP contribution in [0.25, 0.3) is 21.8 Å². The number of aromatic amines is 2. The third-order valence-electron chi connectivity index (χ3n) is 4.22. The van der Waals surface area contributed by atoms with Crippen molar-refractivity contribution in [2.75, 3.05) is 14.2 Å². The predicted octanol–water partition coefficient (Wildman–Crippen LogP) is 4.39. The highest BCUT2D eigenvalue weighted by Crippen LogP contribution is 2.29. The van der Waals surface area contributed by atoms with E-state index in [0.29, 0.717) is 11.5 Å². The fourth-order valence-electron chi connectivity index (χ4n) is 2.91. The van der Waals surface area contributed by atoms with Crippen LogP contribution in [0.1, 0.15) is 28.1 Å². The van der Waals surface area contributed by atoms with Gasteiger partial charge in [0.15, 0.2) is 0 Å². The Labute approximate surface area is 166 Å². The van der Waals surface area contributed by atoms with E-state index in [0.717, 1.165) is 21.8 Å². The number of carboxylic acid groups (broad SMARTS) is 2. The average molecular weight is 398 g/mol. The Morgan fingerprint density at radius 1 is 0.828 bits per heavy atom. The van der Waals surface area contributed by atoms with Gasteiger partial charge in [-0.2, -0.15) is 0 Å². The van der Waals surface area contributed by atoms with Gasteiger partial charge in [0.05, 0.1) is 14.2 Å². The molecule has 0 radical (unpaired) electrons. The molecule has 0 atom stereocenters. The molecule has 2 aromatic carbocycles. The molecule has 0 amide bonds. The van der Waals surface area contributed by atoms with Crippen molar-refractivity contribution in [1.82, 2.24) is 9.97 Å². The highest BCUT2D eigenvalue weighted by atomic mass is 16.5. The van der Waals surface area contributed by atoms with Crippen molar-refractivity contribution >= 4 is 33.7 Å². The number of benzene rings is 2. The number of aromatic nitrogens is 2. The second-order valence-corrected chi connectivity index (χ2v) is 5.81. The van der Waals surface area contributed by atoms with Gasteiger partial charge in [0.25, 0.3) is 0 Å². The fraction of sp³-hybridized carbons (Fsp3) is 0.143. The number of H-pyrrole nitrogens is 2. The number of nitrogens with one attached hydrogen (secondary N) is 2. The zero-order chi connectivity index (χ0) is 20.3. The molecule has 4 N–H and O–H groups in total. The maximum atomic E-state index is 10.9. The molecule has 4 rings (SSSR count). The van der Waals surface area contributed by atoms with Gasteiger partial charge in [-0.3, -0.25) is 0 Å².